The Labute approximate surface area is 166 Å². The van der Waals surface area contributed by atoms with Crippen molar-refractivity contribution in [2.45, 2.75) is 25.7 Å². The zero-order chi connectivity index (χ0) is 19.4. The number of thiophene rings is 1. The van der Waals surface area contributed by atoms with Crippen molar-refractivity contribution in [2.75, 3.05) is 0 Å². The van der Waals surface area contributed by atoms with Gasteiger partial charge in [0.1, 0.15) is 0 Å². The average molecular weight is 403 g/mol. The Bertz CT molecular complexity index is 890. The Morgan fingerprint density at radius 3 is 2.70 bits per heavy atom. The maximum Gasteiger partial charge on any atom is 0.320 e. The number of carboxylic acid groups (broad SMARTS) is 1. The molecule has 3 rings (SSSR count). The topological polar surface area (TPSA) is 78.8 Å². The molecule has 0 aliphatic heterocycles. The molecule has 1 amide bonds. The smallest absolute Gasteiger partial charge is 0.320 e. The van der Waals surface area contributed by atoms with Crippen LogP contribution in [0.3, 0.4) is 0 Å². The van der Waals surface area contributed by atoms with Crippen molar-refractivity contribution in [1.29, 1.82) is 0 Å². The number of aliphatic carboxylic acids is 1. The number of halogens is 1. The van der Waals surface area contributed by atoms with Gasteiger partial charge in [-0.2, -0.15) is 5.10 Å². The number of hydrogen-bond donors (Lipinski definition) is 2. The first-order valence-corrected chi connectivity index (χ1v) is 9.71. The van der Waals surface area contributed by atoms with Gasteiger partial charge < -0.3 is 5.11 Å². The van der Waals surface area contributed by atoms with E-state index >= 15 is 0 Å². The van der Waals surface area contributed by atoms with E-state index in [4.69, 9.17) is 11.6 Å². The molecule has 0 fully saturated rings. The molecule has 2 N–H and O–H groups in total. The summed E-state index contributed by atoms with van der Waals surface area (Å²) in [6.07, 6.45) is 3.93. The van der Waals surface area contributed by atoms with Crippen LogP contribution in [-0.4, -0.2) is 23.2 Å². The summed E-state index contributed by atoms with van der Waals surface area (Å²) in [7, 11) is 0. The first-order chi connectivity index (χ1) is 12.9. The number of amides is 1. The van der Waals surface area contributed by atoms with Gasteiger partial charge in [-0.15, -0.1) is 11.3 Å². The van der Waals surface area contributed by atoms with Crippen LogP contribution in [0, 0.1) is 5.41 Å². The summed E-state index contributed by atoms with van der Waals surface area (Å²) >= 11 is 7.44. The highest BCUT2D eigenvalue weighted by atomic mass is 35.5. The maximum absolute atomic E-state index is 13.0. The van der Waals surface area contributed by atoms with Crippen molar-refractivity contribution < 1.29 is 14.7 Å². The van der Waals surface area contributed by atoms with Crippen LogP contribution in [0.5, 0.6) is 0 Å². The lowest BCUT2D eigenvalue weighted by molar-refractivity contribution is -0.158. The molecule has 27 heavy (non-hydrogen) atoms. The normalized spacial score (nSPS) is 22.4. The van der Waals surface area contributed by atoms with Crippen LogP contribution in [0.15, 0.2) is 58.5 Å². The summed E-state index contributed by atoms with van der Waals surface area (Å²) in [6.45, 7) is 1.95. The van der Waals surface area contributed by atoms with Gasteiger partial charge in [-0.05, 0) is 48.9 Å². The third-order valence-corrected chi connectivity index (χ3v) is 5.91. The number of hydrogen-bond acceptors (Lipinski definition) is 4. The van der Waals surface area contributed by atoms with Gasteiger partial charge in [0.15, 0.2) is 5.41 Å². The van der Waals surface area contributed by atoms with E-state index in [1.54, 1.807) is 24.3 Å². The first-order valence-electron chi connectivity index (χ1n) is 8.45. The van der Waals surface area contributed by atoms with Crippen LogP contribution in [0.25, 0.3) is 0 Å². The van der Waals surface area contributed by atoms with Crippen LogP contribution < -0.4 is 5.43 Å². The van der Waals surface area contributed by atoms with E-state index < -0.39 is 23.2 Å². The third kappa shape index (κ3) is 3.96. The Morgan fingerprint density at radius 1 is 1.33 bits per heavy atom. The highest BCUT2D eigenvalue weighted by Crippen LogP contribution is 2.47. The Balaban J connectivity index is 1.94. The predicted molar refractivity (Wildman–Crippen MR) is 107 cm³/mol. The number of hydrazone groups is 1. The molecule has 0 saturated carbocycles. The van der Waals surface area contributed by atoms with Crippen LogP contribution in [0.1, 0.15) is 36.1 Å². The minimum absolute atomic E-state index is 0.113. The number of carbonyl (C=O) groups is 2. The zero-order valence-electron chi connectivity index (χ0n) is 14.7. The van der Waals surface area contributed by atoms with Gasteiger partial charge in [0.2, 0.25) is 0 Å². The van der Waals surface area contributed by atoms with Crippen LogP contribution >= 0.6 is 22.9 Å². The highest BCUT2D eigenvalue weighted by molar-refractivity contribution is 7.11. The quantitative estimate of drug-likeness (QED) is 0.335. The van der Waals surface area contributed by atoms with Gasteiger partial charge in [-0.25, -0.2) is 5.43 Å². The molecule has 0 saturated heterocycles. The van der Waals surface area contributed by atoms with Gasteiger partial charge in [0, 0.05) is 15.8 Å². The molecule has 1 aliphatic rings. The van der Waals surface area contributed by atoms with E-state index in [0.717, 1.165) is 16.0 Å². The maximum atomic E-state index is 13.0. The standard InChI is InChI=1S/C20H19ClN2O3S/c1-13-8-9-20(19(25)26,17(11-13)14-4-6-15(21)7-5-14)18(24)23-22-12-16-3-2-10-27-16/h2-8,10,12,17H,9,11H2,1H3,(H,23,24)(H,25,26)/b22-12-/t17-,20+/m1/s1. The minimum Gasteiger partial charge on any atom is -0.480 e. The van der Waals surface area contributed by atoms with Gasteiger partial charge >= 0.3 is 5.97 Å². The van der Waals surface area contributed by atoms with E-state index in [-0.39, 0.29) is 6.42 Å². The highest BCUT2D eigenvalue weighted by Gasteiger charge is 2.53. The summed E-state index contributed by atoms with van der Waals surface area (Å²) in [5.41, 5.74) is 2.64. The summed E-state index contributed by atoms with van der Waals surface area (Å²) in [4.78, 5) is 26.2. The molecular weight excluding hydrogens is 384 g/mol. The molecule has 0 unspecified atom stereocenters. The molecule has 0 spiro atoms. The minimum atomic E-state index is -1.62. The lowest BCUT2D eigenvalue weighted by Crippen LogP contribution is -2.50. The van der Waals surface area contributed by atoms with Crippen molar-refractivity contribution in [3.8, 4) is 0 Å². The van der Waals surface area contributed by atoms with Crippen molar-refractivity contribution in [2.24, 2.45) is 10.5 Å². The second-order valence-electron chi connectivity index (χ2n) is 6.55. The second-order valence-corrected chi connectivity index (χ2v) is 7.97. The first kappa shape index (κ1) is 19.3. The van der Waals surface area contributed by atoms with E-state index in [1.165, 1.54) is 17.6 Å². The average Bonchev–Trinajstić information content (AvgIpc) is 3.15. The van der Waals surface area contributed by atoms with E-state index in [9.17, 15) is 14.7 Å². The SMILES string of the molecule is CC1=CC[C@@](C(=O)O)(C(=O)N/N=C\c2cccs2)[C@@H](c2ccc(Cl)cc2)C1. The van der Waals surface area contributed by atoms with Crippen molar-refractivity contribution in [3.63, 3.8) is 0 Å². The summed E-state index contributed by atoms with van der Waals surface area (Å²) < 4.78 is 0. The summed E-state index contributed by atoms with van der Waals surface area (Å²) in [5.74, 6) is -2.28. The predicted octanol–water partition coefficient (Wildman–Crippen LogP) is 4.45. The van der Waals surface area contributed by atoms with E-state index in [2.05, 4.69) is 10.5 Å². The molecule has 140 valence electrons. The fourth-order valence-corrected chi connectivity index (χ4v) is 4.07. The number of carboxylic acids is 1. The molecule has 1 aromatic carbocycles. The molecule has 7 heteroatoms. The molecule has 5 nitrogen and oxygen atoms in total. The van der Waals surface area contributed by atoms with Crippen molar-refractivity contribution in [1.82, 2.24) is 5.43 Å². The lowest BCUT2D eigenvalue weighted by atomic mass is 9.64. The van der Waals surface area contributed by atoms with Gasteiger partial charge in [0.05, 0.1) is 6.21 Å². The molecule has 1 aromatic heterocycles. The van der Waals surface area contributed by atoms with Crippen LogP contribution in [-0.2, 0) is 9.59 Å². The fourth-order valence-electron chi connectivity index (χ4n) is 3.36. The number of nitrogens with one attached hydrogen (secondary N) is 1. The van der Waals surface area contributed by atoms with Crippen LogP contribution in [0.4, 0.5) is 0 Å². The summed E-state index contributed by atoms with van der Waals surface area (Å²) in [5, 5.41) is 16.5. The van der Waals surface area contributed by atoms with E-state index in [0.29, 0.717) is 11.4 Å². The molecule has 2 atom stereocenters. The Kier molecular flexibility index (Phi) is 5.77. The molecule has 0 radical (unpaired) electrons. The zero-order valence-corrected chi connectivity index (χ0v) is 16.3. The number of nitrogens with zero attached hydrogens (tertiary/aromatic N) is 1. The van der Waals surface area contributed by atoms with Gasteiger partial charge in [-0.1, -0.05) is 41.4 Å². The number of carbonyl (C=O) groups excluding carboxylic acids is 1. The second kappa shape index (κ2) is 8.06. The summed E-state index contributed by atoms with van der Waals surface area (Å²) in [6, 6.07) is 10.7. The van der Waals surface area contributed by atoms with Crippen molar-refractivity contribution >= 4 is 41.0 Å². The lowest BCUT2D eigenvalue weighted by Gasteiger charge is -2.38. The molecular formula is C20H19ClN2O3S. The van der Waals surface area contributed by atoms with Gasteiger partial charge in [0.25, 0.3) is 5.91 Å². The Hall–Kier alpha value is -2.44. The molecule has 0 bridgehead atoms. The van der Waals surface area contributed by atoms with E-state index in [1.807, 2.05) is 30.5 Å². The van der Waals surface area contributed by atoms with Gasteiger partial charge in [-0.3, -0.25) is 9.59 Å². The number of rotatable bonds is 5. The number of allylic oxidation sites excluding steroid dienone is 2. The van der Waals surface area contributed by atoms with Crippen molar-refractivity contribution in [3.05, 3.63) is 68.9 Å². The fraction of sp³-hybridized carbons (Fsp3) is 0.250. The Morgan fingerprint density at radius 2 is 2.07 bits per heavy atom. The van der Waals surface area contributed by atoms with Crippen LogP contribution in [0.2, 0.25) is 5.02 Å². The largest absolute Gasteiger partial charge is 0.480 e. The monoisotopic (exact) mass is 402 g/mol. The molecule has 2 aromatic rings. The number of benzene rings is 1. The third-order valence-electron chi connectivity index (χ3n) is 4.85. The molecule has 1 aliphatic carbocycles. The molecule has 1 heterocycles.